The van der Waals surface area contributed by atoms with Gasteiger partial charge in [0.05, 0.1) is 10.7 Å². The molecule has 7 nitrogen and oxygen atoms in total. The van der Waals surface area contributed by atoms with E-state index in [-0.39, 0.29) is 5.82 Å². The SMILES string of the molecule is NC(=S)CCN1CCN(c2ccc([N+](=O)[O-])nc2)CC1. The normalized spacial score (nSPS) is 16.1. The summed E-state index contributed by atoms with van der Waals surface area (Å²) in [6.45, 7) is 4.49. The summed E-state index contributed by atoms with van der Waals surface area (Å²) in [7, 11) is 0. The number of piperazine rings is 1. The van der Waals surface area contributed by atoms with Gasteiger partial charge in [0.15, 0.2) is 6.20 Å². The van der Waals surface area contributed by atoms with Crippen LogP contribution in [0.25, 0.3) is 0 Å². The number of hydrogen-bond donors (Lipinski definition) is 1. The minimum atomic E-state index is -0.489. The van der Waals surface area contributed by atoms with Crippen LogP contribution in [-0.4, -0.2) is 52.5 Å². The molecule has 1 fully saturated rings. The van der Waals surface area contributed by atoms with Crippen LogP contribution in [0, 0.1) is 10.1 Å². The van der Waals surface area contributed by atoms with Crippen LogP contribution >= 0.6 is 12.2 Å². The number of nitrogens with zero attached hydrogens (tertiary/aromatic N) is 4. The minimum Gasteiger partial charge on any atom is -0.393 e. The molecule has 1 saturated heterocycles. The van der Waals surface area contributed by atoms with Crippen molar-refractivity contribution >= 4 is 28.7 Å². The Kier molecular flexibility index (Phi) is 4.80. The van der Waals surface area contributed by atoms with Gasteiger partial charge in [0.2, 0.25) is 0 Å². The molecule has 0 spiro atoms. The van der Waals surface area contributed by atoms with Crippen LogP contribution in [-0.2, 0) is 0 Å². The van der Waals surface area contributed by atoms with Crippen molar-refractivity contribution in [2.75, 3.05) is 37.6 Å². The average Bonchev–Trinajstić information content (AvgIpc) is 2.46. The van der Waals surface area contributed by atoms with Gasteiger partial charge in [-0.15, -0.1) is 0 Å². The Morgan fingerprint density at radius 2 is 2.10 bits per heavy atom. The Hall–Kier alpha value is -1.80. The Labute approximate surface area is 122 Å². The smallest absolute Gasteiger partial charge is 0.363 e. The van der Waals surface area contributed by atoms with Crippen molar-refractivity contribution in [3.05, 3.63) is 28.4 Å². The van der Waals surface area contributed by atoms with E-state index in [2.05, 4.69) is 14.8 Å². The summed E-state index contributed by atoms with van der Waals surface area (Å²) in [5, 5.41) is 10.6. The van der Waals surface area contributed by atoms with E-state index in [0.29, 0.717) is 4.99 Å². The maximum absolute atomic E-state index is 10.6. The second-order valence-corrected chi connectivity index (χ2v) is 5.20. The highest BCUT2D eigenvalue weighted by molar-refractivity contribution is 7.80. The number of hydrogen-bond acceptors (Lipinski definition) is 6. The number of rotatable bonds is 5. The molecule has 1 aromatic rings. The maximum atomic E-state index is 10.6. The largest absolute Gasteiger partial charge is 0.393 e. The number of thiocarbonyl (C=S) groups is 1. The molecule has 1 aromatic heterocycles. The molecule has 8 heteroatoms. The molecule has 0 unspecified atom stereocenters. The van der Waals surface area contributed by atoms with E-state index in [1.165, 1.54) is 6.07 Å². The first kappa shape index (κ1) is 14.6. The van der Waals surface area contributed by atoms with E-state index in [9.17, 15) is 10.1 Å². The van der Waals surface area contributed by atoms with Crippen LogP contribution < -0.4 is 10.6 Å². The molecule has 2 heterocycles. The van der Waals surface area contributed by atoms with E-state index in [1.54, 1.807) is 12.3 Å². The van der Waals surface area contributed by atoms with Crippen LogP contribution in [0.4, 0.5) is 11.5 Å². The van der Waals surface area contributed by atoms with Gasteiger partial charge in [0.25, 0.3) is 0 Å². The Balaban J connectivity index is 1.87. The van der Waals surface area contributed by atoms with Crippen molar-refractivity contribution in [2.24, 2.45) is 5.73 Å². The molecular weight excluding hydrogens is 278 g/mol. The Morgan fingerprint density at radius 3 is 2.60 bits per heavy atom. The third kappa shape index (κ3) is 3.84. The van der Waals surface area contributed by atoms with Crippen LogP contribution in [0.5, 0.6) is 0 Å². The molecule has 0 amide bonds. The van der Waals surface area contributed by atoms with Gasteiger partial charge in [-0.2, -0.15) is 0 Å². The maximum Gasteiger partial charge on any atom is 0.363 e. The standard InChI is InChI=1S/C12H17N5O2S/c13-11(20)3-4-15-5-7-16(8-6-15)10-1-2-12(14-9-10)17(18)19/h1-2,9H,3-8H2,(H2,13,20). The van der Waals surface area contributed by atoms with Crippen LogP contribution in [0.15, 0.2) is 18.3 Å². The van der Waals surface area contributed by atoms with Gasteiger partial charge < -0.3 is 20.7 Å². The molecule has 20 heavy (non-hydrogen) atoms. The predicted octanol–water partition coefficient (Wildman–Crippen LogP) is 0.788. The molecule has 1 aliphatic heterocycles. The van der Waals surface area contributed by atoms with Gasteiger partial charge in [-0.3, -0.25) is 4.90 Å². The third-order valence-electron chi connectivity index (χ3n) is 3.33. The highest BCUT2D eigenvalue weighted by atomic mass is 32.1. The van der Waals surface area contributed by atoms with Crippen molar-refractivity contribution in [3.63, 3.8) is 0 Å². The lowest BCUT2D eigenvalue weighted by Crippen LogP contribution is -2.47. The summed E-state index contributed by atoms with van der Waals surface area (Å²) >= 11 is 4.87. The van der Waals surface area contributed by atoms with E-state index in [0.717, 1.165) is 44.8 Å². The van der Waals surface area contributed by atoms with Crippen LogP contribution in [0.2, 0.25) is 0 Å². The monoisotopic (exact) mass is 295 g/mol. The van der Waals surface area contributed by atoms with Gasteiger partial charge in [0, 0.05) is 45.2 Å². The zero-order valence-corrected chi connectivity index (χ0v) is 11.9. The van der Waals surface area contributed by atoms with Crippen molar-refractivity contribution in [2.45, 2.75) is 6.42 Å². The van der Waals surface area contributed by atoms with Crippen LogP contribution in [0.1, 0.15) is 6.42 Å². The van der Waals surface area contributed by atoms with Crippen molar-refractivity contribution in [3.8, 4) is 0 Å². The third-order valence-corrected chi connectivity index (χ3v) is 3.54. The average molecular weight is 295 g/mol. The fraction of sp³-hybridized carbons (Fsp3) is 0.500. The van der Waals surface area contributed by atoms with Gasteiger partial charge >= 0.3 is 5.82 Å². The van der Waals surface area contributed by atoms with E-state index >= 15 is 0 Å². The molecule has 108 valence electrons. The lowest BCUT2D eigenvalue weighted by molar-refractivity contribution is -0.389. The first-order chi connectivity index (χ1) is 9.56. The topological polar surface area (TPSA) is 88.5 Å². The van der Waals surface area contributed by atoms with Gasteiger partial charge in [-0.1, -0.05) is 12.2 Å². The molecule has 0 aromatic carbocycles. The number of aromatic nitrogens is 1. The molecule has 1 aliphatic rings. The fourth-order valence-corrected chi connectivity index (χ4v) is 2.26. The lowest BCUT2D eigenvalue weighted by Gasteiger charge is -2.35. The molecule has 0 aliphatic carbocycles. The molecule has 0 radical (unpaired) electrons. The van der Waals surface area contributed by atoms with E-state index in [1.807, 2.05) is 0 Å². The molecule has 0 saturated carbocycles. The zero-order valence-electron chi connectivity index (χ0n) is 11.1. The minimum absolute atomic E-state index is 0.121. The van der Waals surface area contributed by atoms with E-state index < -0.39 is 4.92 Å². The first-order valence-electron chi connectivity index (χ1n) is 6.42. The summed E-state index contributed by atoms with van der Waals surface area (Å²) in [5.74, 6) is -0.121. The highest BCUT2D eigenvalue weighted by Gasteiger charge is 2.18. The molecular formula is C12H17N5O2S. The molecule has 2 N–H and O–H groups in total. The second kappa shape index (κ2) is 6.58. The van der Waals surface area contributed by atoms with Gasteiger partial charge in [0.1, 0.15) is 0 Å². The number of pyridine rings is 1. The quantitative estimate of drug-likeness (QED) is 0.488. The van der Waals surface area contributed by atoms with Crippen molar-refractivity contribution in [1.82, 2.24) is 9.88 Å². The Morgan fingerprint density at radius 1 is 1.40 bits per heavy atom. The van der Waals surface area contributed by atoms with Crippen LogP contribution in [0.3, 0.4) is 0 Å². The van der Waals surface area contributed by atoms with E-state index in [4.69, 9.17) is 18.0 Å². The fourth-order valence-electron chi connectivity index (χ4n) is 2.17. The molecule has 0 atom stereocenters. The van der Waals surface area contributed by atoms with Gasteiger partial charge in [-0.25, -0.2) is 0 Å². The number of nitro groups is 1. The summed E-state index contributed by atoms with van der Waals surface area (Å²) < 4.78 is 0. The summed E-state index contributed by atoms with van der Waals surface area (Å²) in [6, 6.07) is 3.18. The number of anilines is 1. The van der Waals surface area contributed by atoms with Gasteiger partial charge in [-0.05, 0) is 16.0 Å². The summed E-state index contributed by atoms with van der Waals surface area (Å²) in [5.41, 5.74) is 6.42. The predicted molar refractivity (Wildman–Crippen MR) is 80.9 cm³/mol. The highest BCUT2D eigenvalue weighted by Crippen LogP contribution is 2.18. The van der Waals surface area contributed by atoms with Crippen molar-refractivity contribution in [1.29, 1.82) is 0 Å². The molecule has 2 rings (SSSR count). The lowest BCUT2D eigenvalue weighted by atomic mass is 10.2. The first-order valence-corrected chi connectivity index (χ1v) is 6.83. The molecule has 0 bridgehead atoms. The zero-order chi connectivity index (χ0) is 14.5. The summed E-state index contributed by atoms with van der Waals surface area (Å²) in [4.78, 5) is 19.0. The Bertz CT molecular complexity index is 485. The number of nitrogens with two attached hydrogens (primary N) is 1. The van der Waals surface area contributed by atoms with Crippen molar-refractivity contribution < 1.29 is 4.92 Å². The second-order valence-electron chi connectivity index (χ2n) is 4.68. The summed E-state index contributed by atoms with van der Waals surface area (Å²) in [6.07, 6.45) is 2.30.